The van der Waals surface area contributed by atoms with Crippen LogP contribution < -0.4 is 10.6 Å². The van der Waals surface area contributed by atoms with Gasteiger partial charge in [-0.05, 0) is 52.7 Å². The number of aromatic nitrogens is 1. The lowest BCUT2D eigenvalue weighted by Gasteiger charge is -2.29. The first-order chi connectivity index (χ1) is 18.8. The summed E-state index contributed by atoms with van der Waals surface area (Å²) in [6.45, 7) is 3.22. The van der Waals surface area contributed by atoms with Crippen LogP contribution in [0.25, 0.3) is 28.1 Å². The highest BCUT2D eigenvalue weighted by Crippen LogP contribution is 2.29. The first-order valence-corrected chi connectivity index (χ1v) is 12.9. The number of ether oxygens (including phenoxy) is 2. The fraction of sp³-hybridized carbons (Fsp3) is 0.379. The van der Waals surface area contributed by atoms with Gasteiger partial charge in [-0.1, -0.05) is 18.2 Å². The van der Waals surface area contributed by atoms with E-state index in [9.17, 15) is 4.79 Å². The number of carbonyl (C=O) groups excluding carboxylic acids is 1. The second kappa shape index (κ2) is 12.9. The smallest absolute Gasteiger partial charge is 0.259 e. The monoisotopic (exact) mass is 534 g/mol. The third-order valence-corrected chi connectivity index (χ3v) is 6.90. The van der Waals surface area contributed by atoms with Crippen LogP contribution in [-0.2, 0) is 21.3 Å². The van der Waals surface area contributed by atoms with Crippen LogP contribution >= 0.6 is 0 Å². The lowest BCUT2D eigenvalue weighted by atomic mass is 10.0. The zero-order valence-electron chi connectivity index (χ0n) is 21.9. The Morgan fingerprint density at radius 1 is 1.10 bits per heavy atom. The second-order valence-corrected chi connectivity index (χ2v) is 9.60. The number of anilines is 1. The molecule has 2 fully saturated rings. The van der Waals surface area contributed by atoms with Crippen LogP contribution in [0.3, 0.4) is 0 Å². The summed E-state index contributed by atoms with van der Waals surface area (Å²) >= 11 is 0. The topological polar surface area (TPSA) is 154 Å². The molecule has 10 heteroatoms. The van der Waals surface area contributed by atoms with Gasteiger partial charge in [0.1, 0.15) is 11.6 Å². The Hall–Kier alpha value is -3.72. The normalized spacial score (nSPS) is 21.7. The van der Waals surface area contributed by atoms with Crippen molar-refractivity contribution in [1.29, 1.82) is 5.26 Å². The molecule has 0 bridgehead atoms. The summed E-state index contributed by atoms with van der Waals surface area (Å²) < 4.78 is 12.2. The van der Waals surface area contributed by atoms with Crippen LogP contribution in [0.2, 0.25) is 0 Å². The van der Waals surface area contributed by atoms with Crippen LogP contribution in [-0.4, -0.2) is 77.2 Å². The molecule has 206 valence electrons. The van der Waals surface area contributed by atoms with E-state index >= 15 is 0 Å². The molecule has 2 aromatic carbocycles. The maximum atomic E-state index is 11.3. The Balaban J connectivity index is 0.000000298. The van der Waals surface area contributed by atoms with Gasteiger partial charge in [-0.15, -0.1) is 0 Å². The quantitative estimate of drug-likeness (QED) is 0.286. The number of benzene rings is 2. The van der Waals surface area contributed by atoms with Gasteiger partial charge in [-0.2, -0.15) is 5.26 Å². The highest BCUT2D eigenvalue weighted by molar-refractivity contribution is 6.00. The molecule has 3 atom stereocenters. The number of hydrogen-bond donors (Lipinski definition) is 4. The zero-order chi connectivity index (χ0) is 27.9. The molecule has 0 spiro atoms. The molecular formula is C29H34N4O6. The number of aliphatic hydroxyl groups is 3. The van der Waals surface area contributed by atoms with Crippen LogP contribution in [0.4, 0.5) is 5.69 Å². The third kappa shape index (κ3) is 7.03. The Labute approximate surface area is 227 Å². The van der Waals surface area contributed by atoms with Gasteiger partial charge < -0.3 is 40.0 Å². The number of amides is 1. The summed E-state index contributed by atoms with van der Waals surface area (Å²) in [7, 11) is 1.91. The summed E-state index contributed by atoms with van der Waals surface area (Å²) in [6, 6.07) is 18.6. The molecule has 2 saturated heterocycles. The molecule has 1 amide bonds. The van der Waals surface area contributed by atoms with E-state index in [1.54, 1.807) is 0 Å². The minimum atomic E-state index is -0.916. The molecule has 3 unspecified atom stereocenters. The van der Waals surface area contributed by atoms with E-state index in [2.05, 4.69) is 41.3 Å². The molecule has 5 rings (SSSR count). The standard InChI is InChI=1S/C23H22N4O2.C6H12O4/c1-26-20(14-19(15-24)23(25)28)6-7-22(26)18-3-2-17-13-21(5-4-16(17)12-18)27-8-10-29-11-9-27;7-3-5-1-4(8)2-6(9)10-5/h2-7,12-14H,8-11H2,1H3,(H2,25,28);4-9H,1-3H2/b19-14+;. The van der Waals surface area contributed by atoms with Crippen molar-refractivity contribution in [2.45, 2.75) is 31.3 Å². The predicted molar refractivity (Wildman–Crippen MR) is 147 cm³/mol. The minimum absolute atomic E-state index is 0.0631. The Kier molecular flexibility index (Phi) is 9.35. The summed E-state index contributed by atoms with van der Waals surface area (Å²) in [5.41, 5.74) is 9.21. The molecular weight excluding hydrogens is 500 g/mol. The van der Waals surface area contributed by atoms with Gasteiger partial charge in [0.05, 0.1) is 32.0 Å². The lowest BCUT2D eigenvalue weighted by Crippen LogP contribution is -2.37. The zero-order valence-corrected chi connectivity index (χ0v) is 21.9. The van der Waals surface area contributed by atoms with Gasteiger partial charge in [0.25, 0.3) is 5.91 Å². The number of primary amides is 1. The fourth-order valence-corrected chi connectivity index (χ4v) is 4.76. The predicted octanol–water partition coefficient (Wildman–Crippen LogP) is 1.91. The fourth-order valence-electron chi connectivity index (χ4n) is 4.76. The van der Waals surface area contributed by atoms with Crippen LogP contribution in [0, 0.1) is 11.3 Å². The second-order valence-electron chi connectivity index (χ2n) is 9.60. The molecule has 0 aliphatic carbocycles. The van der Waals surface area contributed by atoms with Crippen LogP contribution in [0.15, 0.2) is 54.1 Å². The lowest BCUT2D eigenvalue weighted by molar-refractivity contribution is -0.197. The van der Waals surface area contributed by atoms with E-state index < -0.39 is 24.4 Å². The van der Waals surface area contributed by atoms with Crippen LogP contribution in [0.5, 0.6) is 0 Å². The minimum Gasteiger partial charge on any atom is -0.394 e. The van der Waals surface area contributed by atoms with Crippen molar-refractivity contribution in [1.82, 2.24) is 4.57 Å². The number of hydrogen-bond acceptors (Lipinski definition) is 8. The van der Waals surface area contributed by atoms with Gasteiger partial charge in [0.2, 0.25) is 0 Å². The summed E-state index contributed by atoms with van der Waals surface area (Å²) in [4.78, 5) is 13.7. The van der Waals surface area contributed by atoms with Gasteiger partial charge in [-0.3, -0.25) is 4.79 Å². The average Bonchev–Trinajstić information content (AvgIpc) is 3.30. The van der Waals surface area contributed by atoms with Crippen molar-refractivity contribution >= 4 is 28.4 Å². The molecule has 39 heavy (non-hydrogen) atoms. The number of fused-ring (bicyclic) bond motifs is 1. The molecule has 0 saturated carbocycles. The highest BCUT2D eigenvalue weighted by atomic mass is 16.6. The van der Waals surface area contributed by atoms with Crippen molar-refractivity contribution in [2.75, 3.05) is 37.8 Å². The first kappa shape index (κ1) is 28.3. The van der Waals surface area contributed by atoms with E-state index in [1.165, 1.54) is 17.1 Å². The molecule has 5 N–H and O–H groups in total. The number of aliphatic hydroxyl groups excluding tert-OH is 3. The number of carbonyl (C=O) groups is 1. The van der Waals surface area contributed by atoms with Crippen molar-refractivity contribution in [3.63, 3.8) is 0 Å². The van der Waals surface area contributed by atoms with Crippen molar-refractivity contribution in [3.8, 4) is 17.3 Å². The first-order valence-electron chi connectivity index (χ1n) is 12.9. The maximum absolute atomic E-state index is 11.3. The van der Waals surface area contributed by atoms with E-state index in [4.69, 9.17) is 35.8 Å². The molecule has 10 nitrogen and oxygen atoms in total. The molecule has 3 heterocycles. The third-order valence-electron chi connectivity index (χ3n) is 6.90. The maximum Gasteiger partial charge on any atom is 0.259 e. The number of nitrogens with zero attached hydrogens (tertiary/aromatic N) is 3. The SMILES string of the molecule is Cn1c(/C=C(\C#N)C(N)=O)ccc1-c1ccc2cc(N3CCOCC3)ccc2c1.OCC1CC(O)CC(O)O1. The average molecular weight is 535 g/mol. The largest absolute Gasteiger partial charge is 0.394 e. The van der Waals surface area contributed by atoms with Gasteiger partial charge in [0, 0.05) is 50.1 Å². The Morgan fingerprint density at radius 3 is 2.49 bits per heavy atom. The summed E-state index contributed by atoms with van der Waals surface area (Å²) in [5.74, 6) is -0.725. The molecule has 2 aliphatic heterocycles. The van der Waals surface area contributed by atoms with E-state index in [1.807, 2.05) is 29.8 Å². The van der Waals surface area contributed by atoms with E-state index in [-0.39, 0.29) is 18.6 Å². The van der Waals surface area contributed by atoms with Crippen LogP contribution in [0.1, 0.15) is 18.5 Å². The van der Waals surface area contributed by atoms with Crippen molar-refractivity contribution < 1.29 is 29.6 Å². The molecule has 1 aromatic heterocycles. The van der Waals surface area contributed by atoms with E-state index in [0.717, 1.165) is 48.6 Å². The van der Waals surface area contributed by atoms with Gasteiger partial charge >= 0.3 is 0 Å². The molecule has 2 aliphatic rings. The number of rotatable bonds is 5. The number of nitriles is 1. The van der Waals surface area contributed by atoms with E-state index in [0.29, 0.717) is 6.42 Å². The molecule has 0 radical (unpaired) electrons. The summed E-state index contributed by atoms with van der Waals surface area (Å²) in [5, 5.41) is 37.9. The van der Waals surface area contributed by atoms with Crippen molar-refractivity contribution in [2.24, 2.45) is 12.8 Å². The molecule has 3 aromatic rings. The van der Waals surface area contributed by atoms with Gasteiger partial charge in [0.15, 0.2) is 6.29 Å². The summed E-state index contributed by atoms with van der Waals surface area (Å²) in [6.07, 6.45) is 0.312. The number of nitrogens with two attached hydrogens (primary N) is 1. The Morgan fingerprint density at radius 2 is 1.82 bits per heavy atom. The van der Waals surface area contributed by atoms with Gasteiger partial charge in [-0.25, -0.2) is 0 Å². The highest BCUT2D eigenvalue weighted by Gasteiger charge is 2.26. The Bertz CT molecular complexity index is 1360. The number of morpholine rings is 1. The van der Waals surface area contributed by atoms with Crippen molar-refractivity contribution in [3.05, 3.63) is 59.8 Å².